The maximum atomic E-state index is 12.7. The molecule has 0 aromatic rings. The molecule has 2 amide bonds. The lowest BCUT2D eigenvalue weighted by Gasteiger charge is -2.25. The van der Waals surface area contributed by atoms with Crippen LogP contribution in [0.1, 0.15) is 33.6 Å². The van der Waals surface area contributed by atoms with E-state index in [2.05, 4.69) is 32.3 Å². The highest BCUT2D eigenvalue weighted by molar-refractivity contribution is 8.67. The van der Waals surface area contributed by atoms with Gasteiger partial charge >= 0.3 is 0 Å². The maximum absolute atomic E-state index is 12.7. The molecule has 1 saturated heterocycles. The Labute approximate surface area is 185 Å². The molecule has 1 aliphatic heterocycles. The van der Waals surface area contributed by atoms with Crippen LogP contribution in [0.4, 0.5) is 0 Å². The number of carbonyl (C=O) groups excluding carboxylic acids is 3. The Kier molecular flexibility index (Phi) is 10.9. The molecule has 30 heavy (non-hydrogen) atoms. The summed E-state index contributed by atoms with van der Waals surface area (Å²) < 4.78 is 8.02. The molecule has 4 atom stereocenters. The first kappa shape index (κ1) is 26.5. The molecule has 8 N–H and O–H groups in total. The monoisotopic (exact) mass is 464 g/mol. The Morgan fingerprint density at radius 3 is 2.33 bits per heavy atom. The lowest BCUT2D eigenvalue weighted by atomic mass is 9.96. The fourth-order valence-electron chi connectivity index (χ4n) is 2.69. The standard InChI is InChI=1S/C17H32N6O5S2/c1-9(2)12(23-30-29)15(27)22-11(7-24)14(26)21-10(5-4-6-20-16(18)19)13(25)17(3)8-28-17/h9-12,23-24,29H,4-8H2,1-3H3,(H,21,26)(H,22,27)(H4,18,19,20)/t10-,11-,12-,17+/m0/s1. The van der Waals surface area contributed by atoms with Gasteiger partial charge in [0.05, 0.1) is 25.3 Å². The first-order chi connectivity index (χ1) is 14.1. The van der Waals surface area contributed by atoms with Crippen LogP contribution in [0.15, 0.2) is 0 Å². The van der Waals surface area contributed by atoms with Gasteiger partial charge in [0.25, 0.3) is 0 Å². The minimum absolute atomic E-state index is 0.0814. The van der Waals surface area contributed by atoms with Gasteiger partial charge in [0.2, 0.25) is 11.8 Å². The average Bonchev–Trinajstić information content (AvgIpc) is 3.43. The van der Waals surface area contributed by atoms with E-state index < -0.39 is 42.1 Å². The molecule has 172 valence electrons. The van der Waals surface area contributed by atoms with E-state index in [0.717, 1.165) is 11.0 Å². The Morgan fingerprint density at radius 1 is 1.27 bits per heavy atom. The summed E-state index contributed by atoms with van der Waals surface area (Å²) in [5.74, 6) is -1.69. The van der Waals surface area contributed by atoms with Crippen LogP contribution in [-0.4, -0.2) is 72.1 Å². The SMILES string of the molecule is CC(C)[C@H](NSS)C(=O)N[C@@H](CO)C(=O)N[C@@H](CCCNC(=N)N)C(=O)[C@@]1(C)CO1. The van der Waals surface area contributed by atoms with Crippen LogP contribution in [0.2, 0.25) is 0 Å². The van der Waals surface area contributed by atoms with E-state index in [4.69, 9.17) is 15.9 Å². The molecule has 11 nitrogen and oxygen atoms in total. The van der Waals surface area contributed by atoms with Gasteiger partial charge in [0, 0.05) is 6.54 Å². The third kappa shape index (κ3) is 8.30. The molecule has 0 aromatic carbocycles. The van der Waals surface area contributed by atoms with Gasteiger partial charge in [-0.05, 0) is 36.7 Å². The molecule has 1 aliphatic rings. The number of Topliss-reactive ketones (excluding diaryl/α,β-unsaturated/α-hetero) is 1. The molecule has 0 unspecified atom stereocenters. The summed E-state index contributed by atoms with van der Waals surface area (Å²) in [6, 6.07) is -2.70. The fraction of sp³-hybridized carbons (Fsp3) is 0.765. The summed E-state index contributed by atoms with van der Waals surface area (Å²) in [5, 5.41) is 24.5. The number of thiol groups is 1. The number of rotatable bonds is 14. The molecule has 13 heteroatoms. The molecule has 0 bridgehead atoms. The first-order valence-electron chi connectivity index (χ1n) is 9.59. The minimum Gasteiger partial charge on any atom is -0.394 e. The van der Waals surface area contributed by atoms with Gasteiger partial charge in [-0.2, -0.15) is 0 Å². The van der Waals surface area contributed by atoms with Gasteiger partial charge in [-0.25, -0.2) is 4.72 Å². The van der Waals surface area contributed by atoms with E-state index in [1.54, 1.807) is 6.92 Å². The Balaban J connectivity index is 2.76. The second-order valence-electron chi connectivity index (χ2n) is 7.60. The van der Waals surface area contributed by atoms with Gasteiger partial charge in [-0.15, -0.1) is 0 Å². The van der Waals surface area contributed by atoms with Gasteiger partial charge in [0.1, 0.15) is 11.6 Å². The average molecular weight is 465 g/mol. The molecule has 1 fully saturated rings. The number of hydrogen-bond acceptors (Lipinski definition) is 9. The van der Waals surface area contributed by atoms with Crippen LogP contribution < -0.4 is 26.4 Å². The number of ether oxygens (including phenoxy) is 1. The van der Waals surface area contributed by atoms with Crippen molar-refractivity contribution >= 4 is 46.2 Å². The van der Waals surface area contributed by atoms with Crippen molar-refractivity contribution in [2.45, 2.75) is 57.3 Å². The lowest BCUT2D eigenvalue weighted by molar-refractivity contribution is -0.134. The van der Waals surface area contributed by atoms with E-state index >= 15 is 0 Å². The maximum Gasteiger partial charge on any atom is 0.245 e. The minimum atomic E-state index is -1.22. The second kappa shape index (κ2) is 12.3. The summed E-state index contributed by atoms with van der Waals surface area (Å²) in [6.07, 6.45) is 0.739. The number of amides is 2. The predicted octanol–water partition coefficient (Wildman–Crippen LogP) is -1.32. The number of ketones is 1. The predicted molar refractivity (Wildman–Crippen MR) is 118 cm³/mol. The normalized spacial score (nSPS) is 20.7. The highest BCUT2D eigenvalue weighted by Gasteiger charge is 2.50. The topological polar surface area (TPSA) is 182 Å². The number of nitrogens with two attached hydrogens (primary N) is 1. The van der Waals surface area contributed by atoms with Crippen LogP contribution in [0.5, 0.6) is 0 Å². The fourth-order valence-corrected chi connectivity index (χ4v) is 3.53. The van der Waals surface area contributed by atoms with E-state index in [1.807, 2.05) is 13.8 Å². The molecule has 1 heterocycles. The number of aliphatic hydroxyl groups excluding tert-OH is 1. The Hall–Kier alpha value is -1.54. The quantitative estimate of drug-likeness (QED) is 0.0294. The first-order valence-corrected chi connectivity index (χ1v) is 11.5. The van der Waals surface area contributed by atoms with E-state index in [1.165, 1.54) is 0 Å². The van der Waals surface area contributed by atoms with Crippen molar-refractivity contribution in [1.29, 1.82) is 5.41 Å². The molecule has 0 saturated carbocycles. The lowest BCUT2D eigenvalue weighted by Crippen LogP contribution is -2.57. The molecule has 0 aliphatic carbocycles. The summed E-state index contributed by atoms with van der Waals surface area (Å²) in [7, 11) is 0.979. The number of nitrogens with one attached hydrogen (secondary N) is 5. The van der Waals surface area contributed by atoms with Gasteiger partial charge < -0.3 is 31.5 Å². The van der Waals surface area contributed by atoms with Crippen LogP contribution in [0, 0.1) is 11.3 Å². The molecule has 0 radical (unpaired) electrons. The number of epoxide rings is 1. The van der Waals surface area contributed by atoms with E-state index in [-0.39, 0.29) is 30.7 Å². The van der Waals surface area contributed by atoms with Crippen molar-refractivity contribution in [1.82, 2.24) is 20.7 Å². The smallest absolute Gasteiger partial charge is 0.245 e. The number of aliphatic hydroxyl groups is 1. The highest BCUT2D eigenvalue weighted by atomic mass is 33.1. The van der Waals surface area contributed by atoms with Gasteiger partial charge in [0.15, 0.2) is 11.7 Å². The van der Waals surface area contributed by atoms with Crippen molar-refractivity contribution in [2.24, 2.45) is 11.7 Å². The van der Waals surface area contributed by atoms with Crippen molar-refractivity contribution in [3.63, 3.8) is 0 Å². The van der Waals surface area contributed by atoms with Crippen molar-refractivity contribution in [3.8, 4) is 0 Å². The Bertz CT molecular complexity index is 632. The number of hydrogen-bond donors (Lipinski definition) is 8. The van der Waals surface area contributed by atoms with Gasteiger partial charge in [-0.1, -0.05) is 25.5 Å². The summed E-state index contributed by atoms with van der Waals surface area (Å²) in [4.78, 5) is 37.9. The third-order valence-corrected chi connectivity index (χ3v) is 5.34. The zero-order valence-corrected chi connectivity index (χ0v) is 19.1. The van der Waals surface area contributed by atoms with E-state index in [9.17, 15) is 19.5 Å². The summed E-state index contributed by atoms with van der Waals surface area (Å²) in [5.41, 5.74) is 4.29. The summed E-state index contributed by atoms with van der Waals surface area (Å²) in [6.45, 7) is 5.30. The molecule has 0 spiro atoms. The molecular weight excluding hydrogens is 432 g/mol. The largest absolute Gasteiger partial charge is 0.394 e. The molecular formula is C17H32N6O5S2. The van der Waals surface area contributed by atoms with Crippen molar-refractivity contribution in [2.75, 3.05) is 19.8 Å². The highest BCUT2D eigenvalue weighted by Crippen LogP contribution is 2.29. The van der Waals surface area contributed by atoms with Crippen molar-refractivity contribution in [3.05, 3.63) is 0 Å². The van der Waals surface area contributed by atoms with Crippen molar-refractivity contribution < 1.29 is 24.2 Å². The number of guanidine groups is 1. The number of carbonyl (C=O) groups is 3. The molecule has 0 aromatic heterocycles. The second-order valence-corrected chi connectivity index (χ2v) is 8.57. The van der Waals surface area contributed by atoms with Gasteiger partial charge in [-0.3, -0.25) is 19.8 Å². The molecule has 1 rings (SSSR count). The van der Waals surface area contributed by atoms with Crippen LogP contribution in [-0.2, 0) is 19.1 Å². The third-order valence-electron chi connectivity index (χ3n) is 4.66. The summed E-state index contributed by atoms with van der Waals surface area (Å²) >= 11 is 3.98. The van der Waals surface area contributed by atoms with Crippen LogP contribution >= 0.6 is 22.6 Å². The Morgan fingerprint density at radius 2 is 1.87 bits per heavy atom. The zero-order chi connectivity index (χ0) is 22.9. The zero-order valence-electron chi connectivity index (χ0n) is 17.4. The van der Waals surface area contributed by atoms with E-state index in [0.29, 0.717) is 13.0 Å². The van der Waals surface area contributed by atoms with Crippen LogP contribution in [0.3, 0.4) is 0 Å². The van der Waals surface area contributed by atoms with Crippen LogP contribution in [0.25, 0.3) is 0 Å².